The van der Waals surface area contributed by atoms with Crippen LogP contribution in [0.4, 0.5) is 5.13 Å². The zero-order chi connectivity index (χ0) is 20.6. The molecule has 6 nitrogen and oxygen atoms in total. The first-order chi connectivity index (χ1) is 13.9. The summed E-state index contributed by atoms with van der Waals surface area (Å²) in [6.07, 6.45) is 7.13. The second kappa shape index (κ2) is 8.01. The molecule has 3 aromatic rings. The number of nitrogens with one attached hydrogen (secondary N) is 1. The highest BCUT2D eigenvalue weighted by atomic mass is 32.1. The molecule has 1 amide bonds. The maximum Gasteiger partial charge on any atom is 0.259 e. The zero-order valence-electron chi connectivity index (χ0n) is 16.6. The molecule has 0 aliphatic heterocycles. The van der Waals surface area contributed by atoms with Crippen molar-refractivity contribution in [2.45, 2.75) is 58.1 Å². The lowest BCUT2D eigenvalue weighted by atomic mass is 9.88. The maximum atomic E-state index is 12.7. The van der Waals surface area contributed by atoms with E-state index < -0.39 is 11.5 Å². The maximum absolute atomic E-state index is 12.7. The number of pyridine rings is 1. The van der Waals surface area contributed by atoms with E-state index in [0.29, 0.717) is 16.4 Å². The van der Waals surface area contributed by atoms with Gasteiger partial charge in [-0.15, -0.1) is 22.7 Å². The summed E-state index contributed by atoms with van der Waals surface area (Å²) in [5, 5.41) is 16.5. The molecule has 0 aromatic carbocycles. The van der Waals surface area contributed by atoms with Gasteiger partial charge in [0.25, 0.3) is 11.5 Å². The van der Waals surface area contributed by atoms with Crippen LogP contribution in [0.15, 0.2) is 28.5 Å². The summed E-state index contributed by atoms with van der Waals surface area (Å²) in [6.45, 7) is 3.52. The first kappa shape index (κ1) is 20.3. The molecular weight excluding hydrogens is 406 g/mol. The van der Waals surface area contributed by atoms with E-state index in [-0.39, 0.29) is 12.1 Å². The van der Waals surface area contributed by atoms with Crippen molar-refractivity contribution in [3.05, 3.63) is 44.6 Å². The van der Waals surface area contributed by atoms with Crippen LogP contribution in [0.3, 0.4) is 0 Å². The average molecular weight is 432 g/mol. The minimum Gasteiger partial charge on any atom is -0.378 e. The fourth-order valence-electron chi connectivity index (χ4n) is 3.92. The lowest BCUT2D eigenvalue weighted by molar-refractivity contribution is -0.133. The van der Waals surface area contributed by atoms with Gasteiger partial charge in [-0.3, -0.25) is 14.9 Å². The van der Waals surface area contributed by atoms with Crippen molar-refractivity contribution in [2.75, 3.05) is 5.32 Å². The molecule has 0 saturated heterocycles. The lowest BCUT2D eigenvalue weighted by Gasteiger charge is -2.22. The number of hydrogen-bond acceptors (Lipinski definition) is 6. The summed E-state index contributed by atoms with van der Waals surface area (Å²) in [6, 6.07) is 3.59. The van der Waals surface area contributed by atoms with Gasteiger partial charge in [-0.05, 0) is 49.6 Å². The van der Waals surface area contributed by atoms with Crippen LogP contribution in [0.1, 0.15) is 43.7 Å². The molecule has 1 aliphatic carbocycles. The van der Waals surface area contributed by atoms with Crippen LogP contribution < -0.4 is 10.9 Å². The van der Waals surface area contributed by atoms with Crippen molar-refractivity contribution in [2.24, 2.45) is 5.92 Å². The summed E-state index contributed by atoms with van der Waals surface area (Å²) < 4.78 is 2.28. The Hall–Kier alpha value is -2.03. The highest BCUT2D eigenvalue weighted by Crippen LogP contribution is 2.34. The van der Waals surface area contributed by atoms with Gasteiger partial charge in [-0.2, -0.15) is 0 Å². The van der Waals surface area contributed by atoms with Crippen LogP contribution in [-0.4, -0.2) is 26.2 Å². The minimum atomic E-state index is -1.73. The number of thiazole rings is 1. The van der Waals surface area contributed by atoms with Gasteiger partial charge < -0.3 is 9.67 Å². The number of carbonyl (C=O) groups excluding carboxylic acids is 1. The van der Waals surface area contributed by atoms with Crippen LogP contribution >= 0.6 is 22.7 Å². The number of amides is 1. The molecule has 0 spiro atoms. The van der Waals surface area contributed by atoms with Crippen LogP contribution in [0, 0.1) is 5.92 Å². The van der Waals surface area contributed by atoms with Gasteiger partial charge in [0.05, 0.1) is 17.6 Å². The Balaban J connectivity index is 1.47. The molecule has 2 atom stereocenters. The van der Waals surface area contributed by atoms with Gasteiger partial charge in [0, 0.05) is 15.8 Å². The van der Waals surface area contributed by atoms with E-state index in [1.807, 2.05) is 11.4 Å². The molecule has 3 heterocycles. The van der Waals surface area contributed by atoms with E-state index in [1.54, 1.807) is 12.3 Å². The zero-order valence-corrected chi connectivity index (χ0v) is 18.2. The van der Waals surface area contributed by atoms with Crippen molar-refractivity contribution in [3.63, 3.8) is 0 Å². The SMILES string of the molecule is CCC[C@H]1CCc2nc(NC(=O)[C@@](C)(O)Cn3ccc4sccc4c3=O)sc2C1. The smallest absolute Gasteiger partial charge is 0.259 e. The number of fused-ring (bicyclic) bond motifs is 2. The van der Waals surface area contributed by atoms with E-state index in [1.165, 1.54) is 51.9 Å². The van der Waals surface area contributed by atoms with Crippen LogP contribution in [-0.2, 0) is 24.2 Å². The Kier molecular flexibility index (Phi) is 5.59. The average Bonchev–Trinajstić information content (AvgIpc) is 3.30. The van der Waals surface area contributed by atoms with Crippen LogP contribution in [0.2, 0.25) is 0 Å². The number of nitrogens with zero attached hydrogens (tertiary/aromatic N) is 2. The predicted molar refractivity (Wildman–Crippen MR) is 118 cm³/mol. The van der Waals surface area contributed by atoms with E-state index in [0.717, 1.165) is 29.7 Å². The third-order valence-corrected chi connectivity index (χ3v) is 7.44. The third kappa shape index (κ3) is 4.15. The summed E-state index contributed by atoms with van der Waals surface area (Å²) in [5.74, 6) is 0.143. The number of rotatable bonds is 6. The summed E-state index contributed by atoms with van der Waals surface area (Å²) >= 11 is 2.99. The molecule has 0 saturated carbocycles. The van der Waals surface area contributed by atoms with Gasteiger partial charge in [0.15, 0.2) is 10.7 Å². The molecule has 154 valence electrons. The van der Waals surface area contributed by atoms with Gasteiger partial charge in [-0.1, -0.05) is 19.8 Å². The number of thiophene rings is 1. The van der Waals surface area contributed by atoms with Crippen molar-refractivity contribution in [1.82, 2.24) is 9.55 Å². The van der Waals surface area contributed by atoms with Crippen molar-refractivity contribution >= 4 is 43.8 Å². The molecule has 0 radical (unpaired) electrons. The molecule has 8 heteroatoms. The number of aryl methyl sites for hydroxylation is 1. The number of anilines is 1. The summed E-state index contributed by atoms with van der Waals surface area (Å²) in [4.78, 5) is 31.1. The van der Waals surface area contributed by atoms with Crippen molar-refractivity contribution < 1.29 is 9.90 Å². The molecule has 29 heavy (non-hydrogen) atoms. The topological polar surface area (TPSA) is 84.2 Å². The van der Waals surface area contributed by atoms with Crippen molar-refractivity contribution in [3.8, 4) is 0 Å². The van der Waals surface area contributed by atoms with Gasteiger partial charge in [-0.25, -0.2) is 4.98 Å². The molecule has 3 aromatic heterocycles. The minimum absolute atomic E-state index is 0.118. The lowest BCUT2D eigenvalue weighted by Crippen LogP contribution is -2.45. The molecular formula is C21H25N3O3S2. The van der Waals surface area contributed by atoms with Gasteiger partial charge in [0.1, 0.15) is 0 Å². The Bertz CT molecular complexity index is 1100. The Labute approximate surface area is 177 Å². The Morgan fingerprint density at radius 1 is 1.45 bits per heavy atom. The number of aliphatic hydroxyl groups is 1. The van der Waals surface area contributed by atoms with Gasteiger partial charge in [0.2, 0.25) is 0 Å². The molecule has 1 aliphatic rings. The van der Waals surface area contributed by atoms with Gasteiger partial charge >= 0.3 is 0 Å². The van der Waals surface area contributed by atoms with E-state index in [2.05, 4.69) is 17.2 Å². The predicted octanol–water partition coefficient (Wildman–Crippen LogP) is 3.81. The summed E-state index contributed by atoms with van der Waals surface area (Å²) in [7, 11) is 0. The second-order valence-corrected chi connectivity index (χ2v) is 9.99. The molecule has 4 rings (SSSR count). The number of aromatic nitrogens is 2. The van der Waals surface area contributed by atoms with E-state index in [4.69, 9.17) is 0 Å². The highest BCUT2D eigenvalue weighted by Gasteiger charge is 2.33. The quantitative estimate of drug-likeness (QED) is 0.622. The monoisotopic (exact) mass is 431 g/mol. The molecule has 0 unspecified atom stereocenters. The largest absolute Gasteiger partial charge is 0.378 e. The Morgan fingerprint density at radius 2 is 2.28 bits per heavy atom. The number of hydrogen-bond donors (Lipinski definition) is 2. The fourth-order valence-corrected chi connectivity index (χ4v) is 5.81. The Morgan fingerprint density at radius 3 is 3.07 bits per heavy atom. The molecule has 0 bridgehead atoms. The van der Waals surface area contributed by atoms with E-state index in [9.17, 15) is 14.7 Å². The standard InChI is InChI=1S/C21H25N3O3S2/c1-3-4-13-5-6-15-17(11-13)29-20(22-15)23-19(26)21(2,27)12-24-9-7-16-14(18(24)25)8-10-28-16/h7-10,13,27H,3-6,11-12H2,1-2H3,(H,22,23,26)/t13-,21-/m0/s1. The number of carbonyl (C=O) groups is 1. The fraction of sp³-hybridized carbons (Fsp3) is 0.476. The van der Waals surface area contributed by atoms with Crippen LogP contribution in [0.5, 0.6) is 0 Å². The normalized spacial score (nSPS) is 18.4. The van der Waals surface area contributed by atoms with E-state index >= 15 is 0 Å². The highest BCUT2D eigenvalue weighted by molar-refractivity contribution is 7.17. The van der Waals surface area contributed by atoms with Crippen LogP contribution in [0.25, 0.3) is 10.1 Å². The second-order valence-electron chi connectivity index (χ2n) is 7.96. The van der Waals surface area contributed by atoms with Crippen molar-refractivity contribution in [1.29, 1.82) is 0 Å². The molecule has 0 fully saturated rings. The molecule has 2 N–H and O–H groups in total. The first-order valence-corrected chi connectivity index (χ1v) is 11.7. The summed E-state index contributed by atoms with van der Waals surface area (Å²) in [5.41, 5.74) is -0.871. The first-order valence-electron chi connectivity index (χ1n) is 9.96. The third-order valence-electron chi connectivity index (χ3n) is 5.52.